The molecule has 0 bridgehead atoms. The molecule has 0 fully saturated rings. The van der Waals surface area contributed by atoms with Gasteiger partial charge in [-0.3, -0.25) is 4.79 Å². The Morgan fingerprint density at radius 1 is 1.05 bits per heavy atom. The summed E-state index contributed by atoms with van der Waals surface area (Å²) >= 11 is 0. The van der Waals surface area contributed by atoms with Gasteiger partial charge in [-0.05, 0) is 49.6 Å². The van der Waals surface area contributed by atoms with Crippen molar-refractivity contribution in [2.45, 2.75) is 27.4 Å². The maximum atomic E-state index is 10.7. The third kappa shape index (κ3) is 3.22. The minimum atomic E-state index is 0.528. The number of hydrogen-bond donors (Lipinski definition) is 0. The standard InChI is InChI=1S/C17H18O2/c1-12-7-13(2)17(14(3)8-12)11-19-16-6-4-5-15(9-16)10-18/h4-10H,11H2,1-3H3. The molecule has 0 heterocycles. The maximum absolute atomic E-state index is 10.7. The van der Waals surface area contributed by atoms with E-state index in [0.29, 0.717) is 12.2 Å². The van der Waals surface area contributed by atoms with Crippen LogP contribution in [0.2, 0.25) is 0 Å². The van der Waals surface area contributed by atoms with E-state index in [1.807, 2.05) is 12.1 Å². The Labute approximate surface area is 114 Å². The van der Waals surface area contributed by atoms with E-state index in [0.717, 1.165) is 12.0 Å². The van der Waals surface area contributed by atoms with Crippen molar-refractivity contribution >= 4 is 6.29 Å². The lowest BCUT2D eigenvalue weighted by Gasteiger charge is -2.13. The lowest BCUT2D eigenvalue weighted by atomic mass is 10.0. The zero-order chi connectivity index (χ0) is 13.8. The number of aryl methyl sites for hydroxylation is 3. The predicted molar refractivity (Wildman–Crippen MR) is 76.8 cm³/mol. The van der Waals surface area contributed by atoms with Crippen LogP contribution in [0.25, 0.3) is 0 Å². The van der Waals surface area contributed by atoms with Gasteiger partial charge < -0.3 is 4.74 Å². The van der Waals surface area contributed by atoms with E-state index in [-0.39, 0.29) is 0 Å². The molecule has 98 valence electrons. The molecule has 0 N–H and O–H groups in total. The second-order valence-corrected chi connectivity index (χ2v) is 4.86. The van der Waals surface area contributed by atoms with Gasteiger partial charge in [-0.1, -0.05) is 29.8 Å². The van der Waals surface area contributed by atoms with Crippen LogP contribution in [0.15, 0.2) is 36.4 Å². The van der Waals surface area contributed by atoms with Gasteiger partial charge in [0.15, 0.2) is 0 Å². The second kappa shape index (κ2) is 5.70. The van der Waals surface area contributed by atoms with Crippen LogP contribution in [-0.2, 0) is 6.61 Å². The maximum Gasteiger partial charge on any atom is 0.150 e. The Morgan fingerprint density at radius 2 is 1.74 bits per heavy atom. The lowest BCUT2D eigenvalue weighted by molar-refractivity contribution is 0.112. The van der Waals surface area contributed by atoms with Gasteiger partial charge in [0.1, 0.15) is 18.6 Å². The van der Waals surface area contributed by atoms with Crippen LogP contribution < -0.4 is 4.74 Å². The van der Waals surface area contributed by atoms with Crippen molar-refractivity contribution in [1.82, 2.24) is 0 Å². The molecule has 0 amide bonds. The summed E-state index contributed by atoms with van der Waals surface area (Å²) in [6.45, 7) is 6.82. The summed E-state index contributed by atoms with van der Waals surface area (Å²) in [6, 6.07) is 11.5. The molecule has 0 atom stereocenters. The van der Waals surface area contributed by atoms with Crippen LogP contribution in [0, 0.1) is 20.8 Å². The number of ether oxygens (including phenoxy) is 1. The van der Waals surface area contributed by atoms with Crippen LogP contribution in [-0.4, -0.2) is 6.29 Å². The molecule has 2 rings (SSSR count). The van der Waals surface area contributed by atoms with Gasteiger partial charge in [-0.25, -0.2) is 0 Å². The van der Waals surface area contributed by atoms with E-state index < -0.39 is 0 Å². The fourth-order valence-electron chi connectivity index (χ4n) is 2.27. The number of benzene rings is 2. The van der Waals surface area contributed by atoms with E-state index in [2.05, 4.69) is 32.9 Å². The number of carbonyl (C=O) groups is 1. The zero-order valence-electron chi connectivity index (χ0n) is 11.6. The zero-order valence-corrected chi connectivity index (χ0v) is 11.6. The van der Waals surface area contributed by atoms with Gasteiger partial charge in [-0.15, -0.1) is 0 Å². The first-order chi connectivity index (χ1) is 9.10. The average Bonchev–Trinajstić information content (AvgIpc) is 2.37. The molecule has 0 aliphatic heterocycles. The van der Waals surface area contributed by atoms with Crippen molar-refractivity contribution in [2.24, 2.45) is 0 Å². The Balaban J connectivity index is 2.16. The molecule has 19 heavy (non-hydrogen) atoms. The van der Waals surface area contributed by atoms with Crippen molar-refractivity contribution in [3.8, 4) is 5.75 Å². The van der Waals surface area contributed by atoms with Crippen molar-refractivity contribution in [2.75, 3.05) is 0 Å². The van der Waals surface area contributed by atoms with Gasteiger partial charge in [0.25, 0.3) is 0 Å². The molecule has 2 heteroatoms. The molecule has 2 aromatic rings. The lowest BCUT2D eigenvalue weighted by Crippen LogP contribution is -2.01. The van der Waals surface area contributed by atoms with Crippen molar-refractivity contribution in [3.05, 3.63) is 64.2 Å². The number of aldehydes is 1. The number of hydrogen-bond acceptors (Lipinski definition) is 2. The first kappa shape index (κ1) is 13.3. The van der Waals surface area contributed by atoms with E-state index in [4.69, 9.17) is 4.74 Å². The third-order valence-corrected chi connectivity index (χ3v) is 3.22. The quantitative estimate of drug-likeness (QED) is 0.771. The summed E-state index contributed by atoms with van der Waals surface area (Å²) in [6.07, 6.45) is 0.829. The topological polar surface area (TPSA) is 26.3 Å². The molecule has 0 aliphatic carbocycles. The number of rotatable bonds is 4. The van der Waals surface area contributed by atoms with Gasteiger partial charge >= 0.3 is 0 Å². The van der Waals surface area contributed by atoms with Crippen LogP contribution >= 0.6 is 0 Å². The monoisotopic (exact) mass is 254 g/mol. The van der Waals surface area contributed by atoms with Crippen LogP contribution in [0.4, 0.5) is 0 Å². The summed E-state index contributed by atoms with van der Waals surface area (Å²) in [5, 5.41) is 0. The van der Waals surface area contributed by atoms with E-state index in [1.54, 1.807) is 12.1 Å². The van der Waals surface area contributed by atoms with E-state index in [1.165, 1.54) is 22.3 Å². The normalized spacial score (nSPS) is 10.3. The average molecular weight is 254 g/mol. The summed E-state index contributed by atoms with van der Waals surface area (Å²) in [5.74, 6) is 0.726. The van der Waals surface area contributed by atoms with Crippen LogP contribution in [0.1, 0.15) is 32.6 Å². The summed E-state index contributed by atoms with van der Waals surface area (Å²) < 4.78 is 5.78. The fourth-order valence-corrected chi connectivity index (χ4v) is 2.27. The summed E-state index contributed by atoms with van der Waals surface area (Å²) in [4.78, 5) is 10.7. The Hall–Kier alpha value is -2.09. The molecule has 0 spiro atoms. The Morgan fingerprint density at radius 3 is 2.37 bits per heavy atom. The van der Waals surface area contributed by atoms with Crippen molar-refractivity contribution < 1.29 is 9.53 Å². The molecule has 0 aliphatic rings. The summed E-state index contributed by atoms with van der Waals surface area (Å²) in [7, 11) is 0. The first-order valence-electron chi connectivity index (χ1n) is 6.35. The smallest absolute Gasteiger partial charge is 0.150 e. The van der Waals surface area contributed by atoms with Gasteiger partial charge in [0, 0.05) is 5.56 Å². The Bertz CT molecular complexity index is 577. The van der Waals surface area contributed by atoms with E-state index in [9.17, 15) is 4.79 Å². The molecular formula is C17H18O2. The third-order valence-electron chi connectivity index (χ3n) is 3.22. The molecule has 0 radical (unpaired) electrons. The highest BCUT2D eigenvalue weighted by Gasteiger charge is 2.05. The van der Waals surface area contributed by atoms with Gasteiger partial charge in [-0.2, -0.15) is 0 Å². The SMILES string of the molecule is Cc1cc(C)c(COc2cccc(C=O)c2)c(C)c1. The minimum absolute atomic E-state index is 0.528. The second-order valence-electron chi connectivity index (χ2n) is 4.86. The summed E-state index contributed by atoms with van der Waals surface area (Å²) in [5.41, 5.74) is 5.59. The fraction of sp³-hybridized carbons (Fsp3) is 0.235. The highest BCUT2D eigenvalue weighted by atomic mass is 16.5. The minimum Gasteiger partial charge on any atom is -0.489 e. The first-order valence-corrected chi connectivity index (χ1v) is 6.35. The molecule has 0 saturated heterocycles. The predicted octanol–water partition coefficient (Wildman–Crippen LogP) is 4.00. The largest absolute Gasteiger partial charge is 0.489 e. The molecule has 2 nitrogen and oxygen atoms in total. The van der Waals surface area contributed by atoms with E-state index >= 15 is 0 Å². The van der Waals surface area contributed by atoms with Crippen molar-refractivity contribution in [3.63, 3.8) is 0 Å². The Kier molecular flexibility index (Phi) is 4.00. The van der Waals surface area contributed by atoms with Gasteiger partial charge in [0.2, 0.25) is 0 Å². The van der Waals surface area contributed by atoms with Crippen molar-refractivity contribution in [1.29, 1.82) is 0 Å². The highest BCUT2D eigenvalue weighted by Crippen LogP contribution is 2.20. The van der Waals surface area contributed by atoms with Gasteiger partial charge in [0.05, 0.1) is 0 Å². The highest BCUT2D eigenvalue weighted by molar-refractivity contribution is 5.75. The molecule has 2 aromatic carbocycles. The molecule has 0 saturated carbocycles. The van der Waals surface area contributed by atoms with Crippen LogP contribution in [0.5, 0.6) is 5.75 Å². The molecule has 0 aromatic heterocycles. The molecule has 0 unspecified atom stereocenters. The molecular weight excluding hydrogens is 236 g/mol. The number of carbonyl (C=O) groups excluding carboxylic acids is 1. The van der Waals surface area contributed by atoms with Crippen LogP contribution in [0.3, 0.4) is 0 Å².